The molecule has 0 bridgehead atoms. The number of fused-ring (bicyclic) bond motifs is 1. The van der Waals surface area contributed by atoms with Crippen LogP contribution in [0.4, 0.5) is 0 Å². The van der Waals surface area contributed by atoms with E-state index in [0.717, 1.165) is 0 Å². The van der Waals surface area contributed by atoms with E-state index < -0.39 is 5.54 Å². The summed E-state index contributed by atoms with van der Waals surface area (Å²) in [5.74, 6) is -0.243. The monoisotopic (exact) mass is 227 g/mol. The van der Waals surface area contributed by atoms with Crippen molar-refractivity contribution in [3.05, 3.63) is 0 Å². The standard InChI is InChI=1S/C11H17NO4/c1-3-16-10(14)11-5-4-9(13)12(11)7-8(6-11)15-2/h8H,3-7H2,1-2H3/t8-,11-/m1/s1. The molecular weight excluding hydrogens is 210 g/mol. The first-order chi connectivity index (χ1) is 7.64. The number of amides is 1. The lowest BCUT2D eigenvalue weighted by atomic mass is 9.93. The third-order valence-electron chi connectivity index (χ3n) is 3.51. The minimum atomic E-state index is -0.742. The number of methoxy groups -OCH3 is 1. The predicted molar refractivity (Wildman–Crippen MR) is 55.7 cm³/mol. The van der Waals surface area contributed by atoms with Crippen LogP contribution in [0.25, 0.3) is 0 Å². The third-order valence-corrected chi connectivity index (χ3v) is 3.51. The van der Waals surface area contributed by atoms with Crippen molar-refractivity contribution in [1.82, 2.24) is 4.90 Å². The van der Waals surface area contributed by atoms with Crippen molar-refractivity contribution in [3.8, 4) is 0 Å². The molecule has 0 saturated carbocycles. The zero-order chi connectivity index (χ0) is 11.8. The number of hydrogen-bond acceptors (Lipinski definition) is 4. The largest absolute Gasteiger partial charge is 0.464 e. The topological polar surface area (TPSA) is 55.8 Å². The normalized spacial score (nSPS) is 33.0. The van der Waals surface area contributed by atoms with E-state index in [4.69, 9.17) is 9.47 Å². The average molecular weight is 227 g/mol. The van der Waals surface area contributed by atoms with Gasteiger partial charge in [-0.1, -0.05) is 0 Å². The molecule has 0 unspecified atom stereocenters. The van der Waals surface area contributed by atoms with Gasteiger partial charge in [-0.2, -0.15) is 0 Å². The maximum absolute atomic E-state index is 12.0. The Morgan fingerprint density at radius 2 is 2.38 bits per heavy atom. The second-order valence-corrected chi connectivity index (χ2v) is 4.32. The molecule has 2 aliphatic rings. The number of carbonyl (C=O) groups excluding carboxylic acids is 2. The van der Waals surface area contributed by atoms with E-state index in [1.807, 2.05) is 0 Å². The molecule has 0 N–H and O–H groups in total. The van der Waals surface area contributed by atoms with Gasteiger partial charge in [-0.05, 0) is 13.3 Å². The SMILES string of the molecule is CCOC(=O)[C@]12CCC(=O)N1C[C@H](OC)C2. The Bertz CT molecular complexity index is 317. The zero-order valence-corrected chi connectivity index (χ0v) is 9.69. The van der Waals surface area contributed by atoms with Gasteiger partial charge in [-0.3, -0.25) is 4.79 Å². The van der Waals surface area contributed by atoms with Gasteiger partial charge in [0.25, 0.3) is 0 Å². The molecule has 1 amide bonds. The summed E-state index contributed by atoms with van der Waals surface area (Å²) in [5.41, 5.74) is -0.742. The van der Waals surface area contributed by atoms with E-state index in [9.17, 15) is 9.59 Å². The molecule has 90 valence electrons. The fourth-order valence-corrected chi connectivity index (χ4v) is 2.67. The lowest BCUT2D eigenvalue weighted by Crippen LogP contribution is -2.48. The average Bonchev–Trinajstić information content (AvgIpc) is 2.78. The van der Waals surface area contributed by atoms with E-state index >= 15 is 0 Å². The maximum Gasteiger partial charge on any atom is 0.332 e. The summed E-state index contributed by atoms with van der Waals surface area (Å²) in [6.07, 6.45) is 1.52. The molecule has 0 aromatic heterocycles. The Balaban J connectivity index is 2.22. The van der Waals surface area contributed by atoms with Crippen LogP contribution >= 0.6 is 0 Å². The van der Waals surface area contributed by atoms with Crippen molar-refractivity contribution in [2.75, 3.05) is 20.3 Å². The number of carbonyl (C=O) groups is 2. The summed E-state index contributed by atoms with van der Waals surface area (Å²) in [6, 6.07) is 0. The third kappa shape index (κ3) is 1.50. The van der Waals surface area contributed by atoms with Gasteiger partial charge in [-0.25, -0.2) is 4.79 Å². The van der Waals surface area contributed by atoms with Gasteiger partial charge in [0.15, 0.2) is 0 Å². The van der Waals surface area contributed by atoms with Crippen molar-refractivity contribution < 1.29 is 19.1 Å². The van der Waals surface area contributed by atoms with Crippen molar-refractivity contribution in [2.24, 2.45) is 0 Å². The first-order valence-corrected chi connectivity index (χ1v) is 5.64. The van der Waals surface area contributed by atoms with E-state index in [2.05, 4.69) is 0 Å². The highest BCUT2D eigenvalue weighted by Gasteiger charge is 2.57. The number of hydrogen-bond donors (Lipinski definition) is 0. The van der Waals surface area contributed by atoms with Crippen LogP contribution in [0.5, 0.6) is 0 Å². The lowest BCUT2D eigenvalue weighted by Gasteiger charge is -2.28. The highest BCUT2D eigenvalue weighted by molar-refractivity contribution is 5.92. The molecule has 2 rings (SSSR count). The Morgan fingerprint density at radius 3 is 3.00 bits per heavy atom. The van der Waals surface area contributed by atoms with E-state index in [-0.39, 0.29) is 18.0 Å². The summed E-state index contributed by atoms with van der Waals surface area (Å²) in [6.45, 7) is 2.63. The van der Waals surface area contributed by atoms with Crippen LogP contribution in [-0.2, 0) is 19.1 Å². The number of nitrogens with zero attached hydrogens (tertiary/aromatic N) is 1. The zero-order valence-electron chi connectivity index (χ0n) is 9.69. The van der Waals surface area contributed by atoms with Crippen molar-refractivity contribution in [3.63, 3.8) is 0 Å². The maximum atomic E-state index is 12.0. The molecule has 0 aromatic rings. The molecule has 2 atom stereocenters. The summed E-state index contributed by atoms with van der Waals surface area (Å²) >= 11 is 0. The molecule has 2 heterocycles. The number of rotatable bonds is 3. The second kappa shape index (κ2) is 4.05. The summed E-state index contributed by atoms with van der Waals surface area (Å²) in [7, 11) is 1.61. The molecule has 0 radical (unpaired) electrons. The van der Waals surface area contributed by atoms with Gasteiger partial charge < -0.3 is 14.4 Å². The van der Waals surface area contributed by atoms with E-state index in [0.29, 0.717) is 32.4 Å². The Hall–Kier alpha value is -1.10. The van der Waals surface area contributed by atoms with Gasteiger partial charge in [0.2, 0.25) is 5.91 Å². The minimum absolute atomic E-state index is 0.0348. The van der Waals surface area contributed by atoms with Crippen molar-refractivity contribution >= 4 is 11.9 Å². The fraction of sp³-hybridized carbons (Fsp3) is 0.818. The number of esters is 1. The highest BCUT2D eigenvalue weighted by Crippen LogP contribution is 2.41. The molecule has 0 aromatic carbocycles. The quantitative estimate of drug-likeness (QED) is 0.652. The van der Waals surface area contributed by atoms with Crippen LogP contribution in [-0.4, -0.2) is 48.7 Å². The fourth-order valence-electron chi connectivity index (χ4n) is 2.67. The van der Waals surface area contributed by atoms with Gasteiger partial charge in [0, 0.05) is 26.5 Å². The molecule has 2 saturated heterocycles. The molecule has 5 heteroatoms. The van der Waals surface area contributed by atoms with Crippen LogP contribution in [0.3, 0.4) is 0 Å². The first-order valence-electron chi connectivity index (χ1n) is 5.64. The molecule has 0 aliphatic carbocycles. The second-order valence-electron chi connectivity index (χ2n) is 4.32. The van der Waals surface area contributed by atoms with E-state index in [1.165, 1.54) is 0 Å². The predicted octanol–water partition coefficient (Wildman–Crippen LogP) is 0.329. The molecular formula is C11H17NO4. The van der Waals surface area contributed by atoms with Gasteiger partial charge in [-0.15, -0.1) is 0 Å². The van der Waals surface area contributed by atoms with Gasteiger partial charge in [0.05, 0.1) is 12.7 Å². The minimum Gasteiger partial charge on any atom is -0.464 e. The molecule has 16 heavy (non-hydrogen) atoms. The van der Waals surface area contributed by atoms with Crippen molar-refractivity contribution in [2.45, 2.75) is 37.8 Å². The Morgan fingerprint density at radius 1 is 1.62 bits per heavy atom. The molecule has 5 nitrogen and oxygen atoms in total. The summed E-state index contributed by atoms with van der Waals surface area (Å²) in [4.78, 5) is 25.3. The number of ether oxygens (including phenoxy) is 2. The van der Waals surface area contributed by atoms with Crippen LogP contribution in [0.1, 0.15) is 26.2 Å². The first kappa shape index (κ1) is 11.4. The molecule has 0 spiro atoms. The van der Waals surface area contributed by atoms with Crippen molar-refractivity contribution in [1.29, 1.82) is 0 Å². The summed E-state index contributed by atoms with van der Waals surface area (Å²) < 4.78 is 10.3. The smallest absolute Gasteiger partial charge is 0.332 e. The van der Waals surface area contributed by atoms with Crippen LogP contribution in [0, 0.1) is 0 Å². The van der Waals surface area contributed by atoms with E-state index in [1.54, 1.807) is 18.9 Å². The van der Waals surface area contributed by atoms with Crippen LogP contribution in [0.15, 0.2) is 0 Å². The van der Waals surface area contributed by atoms with Gasteiger partial charge >= 0.3 is 5.97 Å². The molecule has 2 fully saturated rings. The highest BCUT2D eigenvalue weighted by atomic mass is 16.5. The van der Waals surface area contributed by atoms with Gasteiger partial charge in [0.1, 0.15) is 5.54 Å². The summed E-state index contributed by atoms with van der Waals surface area (Å²) in [5, 5.41) is 0. The van der Waals surface area contributed by atoms with Crippen LogP contribution in [0.2, 0.25) is 0 Å². The van der Waals surface area contributed by atoms with Crippen LogP contribution < -0.4 is 0 Å². The Kier molecular flexibility index (Phi) is 2.88. The Labute approximate surface area is 94.7 Å². The lowest BCUT2D eigenvalue weighted by molar-refractivity contribution is -0.157. The molecule has 2 aliphatic heterocycles.